The molecule has 1 aliphatic carbocycles. The van der Waals surface area contributed by atoms with Crippen molar-refractivity contribution in [3.8, 4) is 0 Å². The van der Waals surface area contributed by atoms with E-state index in [1.54, 1.807) is 11.8 Å². The number of carbonyl (C=O) groups is 2. The van der Waals surface area contributed by atoms with Crippen LogP contribution in [0.2, 0.25) is 0 Å². The van der Waals surface area contributed by atoms with Crippen LogP contribution in [0.3, 0.4) is 0 Å². The third kappa shape index (κ3) is 5.00. The molecule has 20 heavy (non-hydrogen) atoms. The fourth-order valence-corrected chi connectivity index (χ4v) is 3.64. The summed E-state index contributed by atoms with van der Waals surface area (Å²) in [7, 11) is 0. The molecule has 4 nitrogen and oxygen atoms in total. The third-order valence-corrected chi connectivity index (χ3v) is 4.97. The van der Waals surface area contributed by atoms with Gasteiger partial charge in [-0.1, -0.05) is 32.6 Å². The Bertz CT molecular complexity index is 325. The van der Waals surface area contributed by atoms with E-state index in [0.29, 0.717) is 12.8 Å². The van der Waals surface area contributed by atoms with E-state index < -0.39 is 11.4 Å². The first kappa shape index (κ1) is 17.3. The summed E-state index contributed by atoms with van der Waals surface area (Å²) in [6, 6.07) is 0.147. The fourth-order valence-electron chi connectivity index (χ4n) is 2.92. The lowest BCUT2D eigenvalue weighted by Gasteiger charge is -2.28. The highest BCUT2D eigenvalue weighted by Crippen LogP contribution is 2.38. The molecule has 0 aromatic rings. The summed E-state index contributed by atoms with van der Waals surface area (Å²) in [6.45, 7) is 2.04. The van der Waals surface area contributed by atoms with E-state index in [2.05, 4.69) is 5.32 Å². The van der Waals surface area contributed by atoms with Crippen molar-refractivity contribution in [3.63, 3.8) is 0 Å². The van der Waals surface area contributed by atoms with Gasteiger partial charge in [-0.3, -0.25) is 9.59 Å². The van der Waals surface area contributed by atoms with E-state index in [9.17, 15) is 14.7 Å². The van der Waals surface area contributed by atoms with Crippen molar-refractivity contribution in [2.75, 3.05) is 12.0 Å². The van der Waals surface area contributed by atoms with Crippen LogP contribution in [-0.2, 0) is 9.59 Å². The second kappa shape index (κ2) is 8.55. The number of carbonyl (C=O) groups excluding carboxylic acids is 1. The average molecular weight is 301 g/mol. The first-order valence-corrected chi connectivity index (χ1v) is 8.95. The Balaban J connectivity index is 2.65. The van der Waals surface area contributed by atoms with Gasteiger partial charge in [0.15, 0.2) is 0 Å². The number of carboxylic acid groups (broad SMARTS) is 1. The van der Waals surface area contributed by atoms with E-state index >= 15 is 0 Å². The number of nitrogens with one attached hydrogen (secondary N) is 1. The van der Waals surface area contributed by atoms with E-state index in [0.717, 1.165) is 37.9 Å². The first-order chi connectivity index (χ1) is 9.54. The Morgan fingerprint density at radius 3 is 2.30 bits per heavy atom. The Labute approximate surface area is 126 Å². The van der Waals surface area contributed by atoms with Crippen LogP contribution in [-0.4, -0.2) is 35.0 Å². The van der Waals surface area contributed by atoms with Gasteiger partial charge >= 0.3 is 5.97 Å². The van der Waals surface area contributed by atoms with E-state index in [-0.39, 0.29) is 18.4 Å². The fraction of sp³-hybridized carbons (Fsp3) is 0.867. The van der Waals surface area contributed by atoms with Gasteiger partial charge in [0.2, 0.25) is 5.91 Å². The molecule has 1 rings (SSSR count). The predicted molar refractivity (Wildman–Crippen MR) is 83.0 cm³/mol. The molecule has 0 saturated heterocycles. The van der Waals surface area contributed by atoms with E-state index in [1.165, 1.54) is 0 Å². The van der Waals surface area contributed by atoms with Gasteiger partial charge in [0.1, 0.15) is 0 Å². The van der Waals surface area contributed by atoms with Gasteiger partial charge in [-0.05, 0) is 25.5 Å². The molecule has 0 spiro atoms. The standard InChI is InChI=1S/C15H27NO3S/c1-3-12(11-20-2)16-13(17)10-15(14(18)19)8-6-4-5-7-9-15/h12H,3-11H2,1-2H3,(H,16,17)(H,18,19). The van der Waals surface area contributed by atoms with Crippen LogP contribution in [0.15, 0.2) is 0 Å². The monoisotopic (exact) mass is 301 g/mol. The van der Waals surface area contributed by atoms with Gasteiger partial charge < -0.3 is 10.4 Å². The lowest BCUT2D eigenvalue weighted by Crippen LogP contribution is -2.42. The predicted octanol–water partition coefficient (Wildman–Crippen LogP) is 3.06. The topological polar surface area (TPSA) is 66.4 Å². The number of rotatable bonds is 7. The quantitative estimate of drug-likeness (QED) is 0.709. The molecule has 116 valence electrons. The second-order valence-electron chi connectivity index (χ2n) is 5.80. The summed E-state index contributed by atoms with van der Waals surface area (Å²) in [4.78, 5) is 23.9. The smallest absolute Gasteiger partial charge is 0.310 e. The maximum absolute atomic E-state index is 12.2. The van der Waals surface area contributed by atoms with E-state index in [4.69, 9.17) is 0 Å². The van der Waals surface area contributed by atoms with Gasteiger partial charge in [0.05, 0.1) is 5.41 Å². The van der Waals surface area contributed by atoms with Crippen LogP contribution in [0.1, 0.15) is 58.3 Å². The van der Waals surface area contributed by atoms with Gasteiger partial charge in [-0.15, -0.1) is 0 Å². The summed E-state index contributed by atoms with van der Waals surface area (Å²) < 4.78 is 0. The molecule has 0 aromatic heterocycles. The van der Waals surface area contributed by atoms with Crippen LogP contribution in [0.5, 0.6) is 0 Å². The molecule has 0 aliphatic heterocycles. The molecule has 1 aliphatic rings. The van der Waals surface area contributed by atoms with Gasteiger partial charge in [0, 0.05) is 18.2 Å². The maximum atomic E-state index is 12.2. The van der Waals surface area contributed by atoms with Crippen molar-refractivity contribution in [3.05, 3.63) is 0 Å². The lowest BCUT2D eigenvalue weighted by molar-refractivity contribution is -0.153. The van der Waals surface area contributed by atoms with Gasteiger partial charge in [-0.2, -0.15) is 11.8 Å². The molecule has 0 radical (unpaired) electrons. The summed E-state index contributed by atoms with van der Waals surface area (Å²) in [6.07, 6.45) is 8.30. The minimum atomic E-state index is -0.835. The van der Waals surface area contributed by atoms with Crippen LogP contribution < -0.4 is 5.32 Å². The van der Waals surface area contributed by atoms with Crippen molar-refractivity contribution in [1.29, 1.82) is 0 Å². The molecular formula is C15H27NO3S. The van der Waals surface area contributed by atoms with Gasteiger partial charge in [0.25, 0.3) is 0 Å². The van der Waals surface area contributed by atoms with Crippen LogP contribution in [0.4, 0.5) is 0 Å². The number of thioether (sulfide) groups is 1. The highest BCUT2D eigenvalue weighted by atomic mass is 32.2. The summed E-state index contributed by atoms with van der Waals surface area (Å²) in [5, 5.41) is 12.6. The highest BCUT2D eigenvalue weighted by molar-refractivity contribution is 7.98. The molecule has 5 heteroatoms. The number of carboxylic acids is 1. The highest BCUT2D eigenvalue weighted by Gasteiger charge is 2.40. The third-order valence-electron chi connectivity index (χ3n) is 4.24. The Hall–Kier alpha value is -0.710. The molecular weight excluding hydrogens is 274 g/mol. The zero-order valence-electron chi connectivity index (χ0n) is 12.6. The molecule has 0 bridgehead atoms. The van der Waals surface area contributed by atoms with Crippen molar-refractivity contribution in [2.45, 2.75) is 64.3 Å². The average Bonchev–Trinajstić information content (AvgIpc) is 2.64. The Morgan fingerprint density at radius 2 is 1.85 bits per heavy atom. The van der Waals surface area contributed by atoms with Crippen molar-refractivity contribution < 1.29 is 14.7 Å². The molecule has 2 N–H and O–H groups in total. The van der Waals surface area contributed by atoms with Crippen molar-refractivity contribution >= 4 is 23.6 Å². The largest absolute Gasteiger partial charge is 0.481 e. The molecule has 0 aromatic carbocycles. The number of aliphatic carboxylic acids is 1. The Kier molecular flexibility index (Phi) is 7.41. The normalized spacial score (nSPS) is 19.9. The zero-order chi connectivity index (χ0) is 15.0. The molecule has 1 fully saturated rings. The molecule has 1 unspecified atom stereocenters. The van der Waals surface area contributed by atoms with Crippen molar-refractivity contribution in [1.82, 2.24) is 5.32 Å². The molecule has 0 heterocycles. The molecule has 1 amide bonds. The number of amides is 1. The minimum absolute atomic E-state index is 0.102. The van der Waals surface area contributed by atoms with Crippen molar-refractivity contribution in [2.24, 2.45) is 5.41 Å². The summed E-state index contributed by atoms with van der Waals surface area (Å²) in [5.74, 6) is -0.0230. The number of hydrogen-bond acceptors (Lipinski definition) is 3. The summed E-state index contributed by atoms with van der Waals surface area (Å²) in [5.41, 5.74) is -0.835. The SMILES string of the molecule is CCC(CSC)NC(=O)CC1(C(=O)O)CCCCCC1. The van der Waals surface area contributed by atoms with Crippen LogP contribution >= 0.6 is 11.8 Å². The number of hydrogen-bond donors (Lipinski definition) is 2. The molecule has 1 saturated carbocycles. The van der Waals surface area contributed by atoms with Gasteiger partial charge in [-0.25, -0.2) is 0 Å². The van der Waals surface area contributed by atoms with Crippen LogP contribution in [0.25, 0.3) is 0 Å². The summed E-state index contributed by atoms with van der Waals surface area (Å²) >= 11 is 1.70. The maximum Gasteiger partial charge on any atom is 0.310 e. The van der Waals surface area contributed by atoms with E-state index in [1.807, 2.05) is 13.2 Å². The minimum Gasteiger partial charge on any atom is -0.481 e. The van der Waals surface area contributed by atoms with Crippen LogP contribution in [0, 0.1) is 5.41 Å². The zero-order valence-corrected chi connectivity index (χ0v) is 13.4. The second-order valence-corrected chi connectivity index (χ2v) is 6.72. The Morgan fingerprint density at radius 1 is 1.25 bits per heavy atom. The molecule has 1 atom stereocenters. The lowest BCUT2D eigenvalue weighted by atomic mass is 9.77. The first-order valence-electron chi connectivity index (χ1n) is 7.56.